The Balaban J connectivity index is 1.63. The van der Waals surface area contributed by atoms with E-state index < -0.39 is 5.60 Å². The molecule has 0 spiro atoms. The van der Waals surface area contributed by atoms with Gasteiger partial charge in [0.2, 0.25) is 0 Å². The van der Waals surface area contributed by atoms with Crippen molar-refractivity contribution in [2.75, 3.05) is 18.1 Å². The molecule has 0 unspecified atom stereocenters. The van der Waals surface area contributed by atoms with Crippen molar-refractivity contribution in [2.24, 2.45) is 0 Å². The van der Waals surface area contributed by atoms with Crippen molar-refractivity contribution in [3.05, 3.63) is 36.3 Å². The number of nitrogens with one attached hydrogen (secondary N) is 1. The van der Waals surface area contributed by atoms with Gasteiger partial charge in [-0.15, -0.1) is 0 Å². The lowest BCUT2D eigenvalue weighted by atomic mass is 10.2. The fourth-order valence-corrected chi connectivity index (χ4v) is 3.10. The molecule has 0 saturated carbocycles. The molecule has 7 nitrogen and oxygen atoms in total. The van der Waals surface area contributed by atoms with Crippen LogP contribution in [0.5, 0.6) is 0 Å². The molecular weight excluding hydrogens is 364 g/mol. The van der Waals surface area contributed by atoms with Gasteiger partial charge >= 0.3 is 6.09 Å². The molecule has 0 bridgehead atoms. The van der Waals surface area contributed by atoms with Crippen molar-refractivity contribution >= 4 is 17.9 Å². The Morgan fingerprint density at radius 1 is 1.33 bits per heavy atom. The third-order valence-corrected chi connectivity index (χ3v) is 4.56. The number of carbonyl (C=O) groups excluding carboxylic acids is 1. The quantitative estimate of drug-likeness (QED) is 0.638. The van der Waals surface area contributed by atoms with Gasteiger partial charge in [0.25, 0.3) is 0 Å². The fourth-order valence-electron chi connectivity index (χ4n) is 2.32. The Labute approximate surface area is 164 Å². The van der Waals surface area contributed by atoms with Gasteiger partial charge in [0.1, 0.15) is 5.60 Å². The number of aromatic nitrogens is 3. The topological polar surface area (TPSA) is 89.3 Å². The van der Waals surface area contributed by atoms with Crippen molar-refractivity contribution in [3.8, 4) is 11.3 Å². The number of pyridine rings is 1. The van der Waals surface area contributed by atoms with Gasteiger partial charge in [-0.3, -0.25) is 9.67 Å². The summed E-state index contributed by atoms with van der Waals surface area (Å²) in [4.78, 5) is 15.9. The van der Waals surface area contributed by atoms with Crippen molar-refractivity contribution in [1.29, 1.82) is 0 Å². The molecule has 148 valence electrons. The van der Waals surface area contributed by atoms with E-state index in [1.54, 1.807) is 24.0 Å². The van der Waals surface area contributed by atoms with Crippen molar-refractivity contribution in [3.63, 3.8) is 0 Å². The first-order valence-electron chi connectivity index (χ1n) is 9.01. The second-order valence-electron chi connectivity index (χ2n) is 7.06. The minimum atomic E-state index is -0.464. The van der Waals surface area contributed by atoms with Crippen LogP contribution >= 0.6 is 11.8 Å². The molecule has 2 N–H and O–H groups in total. The van der Waals surface area contributed by atoms with Gasteiger partial charge in [0.15, 0.2) is 0 Å². The monoisotopic (exact) mass is 392 g/mol. The first-order chi connectivity index (χ1) is 12.9. The Kier molecular flexibility index (Phi) is 8.12. The Hall–Kier alpha value is -2.06. The van der Waals surface area contributed by atoms with Crippen molar-refractivity contribution < 1.29 is 14.6 Å². The van der Waals surface area contributed by atoms with Crippen LogP contribution in [0.4, 0.5) is 4.79 Å². The standard InChI is InChI=1S/C19H28N4O3S/c1-19(2,3)26-18(25)20-8-11-27-10-5-9-23-13-15(12-21-23)17-7-4-6-16(14-24)22-17/h4,6-7,12-13,24H,5,8-11,14H2,1-3H3,(H,20,25). The molecule has 0 aliphatic rings. The first-order valence-corrected chi connectivity index (χ1v) is 10.2. The molecule has 0 fully saturated rings. The van der Waals surface area contributed by atoms with Crippen LogP contribution in [0, 0.1) is 0 Å². The van der Waals surface area contributed by atoms with Gasteiger partial charge < -0.3 is 15.2 Å². The molecule has 0 radical (unpaired) electrons. The summed E-state index contributed by atoms with van der Waals surface area (Å²) in [5, 5.41) is 16.3. The number of thioether (sulfide) groups is 1. The van der Waals surface area contributed by atoms with Crippen LogP contribution in [-0.2, 0) is 17.9 Å². The van der Waals surface area contributed by atoms with E-state index in [0.717, 1.165) is 35.7 Å². The second kappa shape index (κ2) is 10.3. The smallest absolute Gasteiger partial charge is 0.407 e. The van der Waals surface area contributed by atoms with Crippen LogP contribution in [0.15, 0.2) is 30.6 Å². The highest BCUT2D eigenvalue weighted by Gasteiger charge is 2.15. The lowest BCUT2D eigenvalue weighted by Crippen LogP contribution is -2.33. The Morgan fingerprint density at radius 3 is 2.89 bits per heavy atom. The second-order valence-corrected chi connectivity index (χ2v) is 8.28. The molecule has 27 heavy (non-hydrogen) atoms. The highest BCUT2D eigenvalue weighted by atomic mass is 32.2. The number of hydrogen-bond acceptors (Lipinski definition) is 6. The van der Waals surface area contributed by atoms with E-state index in [-0.39, 0.29) is 12.7 Å². The highest BCUT2D eigenvalue weighted by Crippen LogP contribution is 2.16. The van der Waals surface area contributed by atoms with E-state index in [4.69, 9.17) is 4.74 Å². The van der Waals surface area contributed by atoms with E-state index in [2.05, 4.69) is 15.4 Å². The van der Waals surface area contributed by atoms with Crippen LogP contribution in [0.25, 0.3) is 11.3 Å². The molecule has 2 rings (SSSR count). The minimum Gasteiger partial charge on any atom is -0.444 e. The van der Waals surface area contributed by atoms with E-state index in [0.29, 0.717) is 12.2 Å². The summed E-state index contributed by atoms with van der Waals surface area (Å²) in [6, 6.07) is 5.59. The Morgan fingerprint density at radius 2 is 2.15 bits per heavy atom. The molecule has 0 aliphatic carbocycles. The summed E-state index contributed by atoms with van der Waals surface area (Å²) in [7, 11) is 0. The largest absolute Gasteiger partial charge is 0.444 e. The molecule has 0 saturated heterocycles. The van der Waals surface area contributed by atoms with Gasteiger partial charge in [-0.05, 0) is 45.1 Å². The van der Waals surface area contributed by atoms with Gasteiger partial charge in [-0.25, -0.2) is 4.79 Å². The van der Waals surface area contributed by atoms with E-state index >= 15 is 0 Å². The number of ether oxygens (including phenoxy) is 1. The van der Waals surface area contributed by atoms with Crippen LogP contribution in [0.1, 0.15) is 32.9 Å². The zero-order valence-corrected chi connectivity index (χ0v) is 17.0. The summed E-state index contributed by atoms with van der Waals surface area (Å²) in [5.41, 5.74) is 1.95. The highest BCUT2D eigenvalue weighted by molar-refractivity contribution is 7.99. The lowest BCUT2D eigenvalue weighted by molar-refractivity contribution is 0.0531. The number of alkyl carbamates (subject to hydrolysis) is 1. The normalized spacial score (nSPS) is 11.4. The third kappa shape index (κ3) is 8.01. The molecule has 8 heteroatoms. The molecule has 2 aromatic rings. The molecular formula is C19H28N4O3S. The molecule has 0 aromatic carbocycles. The molecule has 2 heterocycles. The summed E-state index contributed by atoms with van der Waals surface area (Å²) >= 11 is 1.79. The maximum atomic E-state index is 11.5. The van der Waals surface area contributed by atoms with E-state index in [1.807, 2.05) is 43.8 Å². The molecule has 0 atom stereocenters. The average molecular weight is 393 g/mol. The zero-order chi connectivity index (χ0) is 19.7. The summed E-state index contributed by atoms with van der Waals surface area (Å²) in [5.74, 6) is 1.84. The number of rotatable bonds is 9. The Bertz CT molecular complexity index is 728. The maximum Gasteiger partial charge on any atom is 0.407 e. The van der Waals surface area contributed by atoms with Crippen molar-refractivity contribution in [2.45, 2.75) is 45.9 Å². The number of hydrogen-bond donors (Lipinski definition) is 2. The molecule has 2 aromatic heterocycles. The van der Waals surface area contributed by atoms with Crippen molar-refractivity contribution in [1.82, 2.24) is 20.1 Å². The number of aliphatic hydroxyl groups is 1. The third-order valence-electron chi connectivity index (χ3n) is 3.49. The fraction of sp³-hybridized carbons (Fsp3) is 0.526. The minimum absolute atomic E-state index is 0.0675. The van der Waals surface area contributed by atoms with Gasteiger partial charge in [0, 0.05) is 30.6 Å². The summed E-state index contributed by atoms with van der Waals surface area (Å²) in [6.45, 7) is 6.90. The van der Waals surface area contributed by atoms with Gasteiger partial charge in [-0.2, -0.15) is 16.9 Å². The van der Waals surface area contributed by atoms with E-state index in [1.165, 1.54) is 0 Å². The lowest BCUT2D eigenvalue weighted by Gasteiger charge is -2.19. The molecule has 1 amide bonds. The van der Waals surface area contributed by atoms with Crippen LogP contribution in [0.3, 0.4) is 0 Å². The van der Waals surface area contributed by atoms with Crippen LogP contribution < -0.4 is 5.32 Å². The zero-order valence-electron chi connectivity index (χ0n) is 16.1. The summed E-state index contributed by atoms with van der Waals surface area (Å²) < 4.78 is 7.09. The number of aliphatic hydroxyl groups excluding tert-OH is 1. The predicted octanol–water partition coefficient (Wildman–Crippen LogP) is 3.09. The first kappa shape index (κ1) is 21.2. The number of nitrogens with zero attached hydrogens (tertiary/aromatic N) is 3. The summed E-state index contributed by atoms with van der Waals surface area (Å²) in [6.07, 6.45) is 4.38. The number of amides is 1. The number of aryl methyl sites for hydroxylation is 1. The van der Waals surface area contributed by atoms with Crippen LogP contribution in [0.2, 0.25) is 0 Å². The predicted molar refractivity (Wildman–Crippen MR) is 108 cm³/mol. The SMILES string of the molecule is CC(C)(C)OC(=O)NCCSCCCn1cc(-c2cccc(CO)n2)cn1. The van der Waals surface area contributed by atoms with E-state index in [9.17, 15) is 9.90 Å². The maximum absolute atomic E-state index is 11.5. The number of carbonyl (C=O) groups is 1. The van der Waals surface area contributed by atoms with Gasteiger partial charge in [0.05, 0.1) is 24.2 Å². The van der Waals surface area contributed by atoms with Crippen LogP contribution in [-0.4, -0.2) is 49.6 Å². The average Bonchev–Trinajstić information content (AvgIpc) is 3.08. The van der Waals surface area contributed by atoms with Gasteiger partial charge in [-0.1, -0.05) is 6.07 Å². The molecule has 0 aliphatic heterocycles.